The van der Waals surface area contributed by atoms with Crippen molar-refractivity contribution in [1.29, 1.82) is 0 Å². The maximum absolute atomic E-state index is 10.3. The fraction of sp³-hybridized carbons (Fsp3) is 0.800. The van der Waals surface area contributed by atoms with Crippen LogP contribution in [0.1, 0.15) is 66.7 Å². The van der Waals surface area contributed by atoms with E-state index in [4.69, 9.17) is 0 Å². The number of allylic oxidation sites excluding steroid dienone is 1. The van der Waals surface area contributed by atoms with Gasteiger partial charge in [-0.1, -0.05) is 38.5 Å². The number of hydrogen-bond acceptors (Lipinski definition) is 2. The van der Waals surface area contributed by atoms with Crippen molar-refractivity contribution in [2.45, 2.75) is 78.4 Å². The van der Waals surface area contributed by atoms with Crippen LogP contribution in [0.25, 0.3) is 0 Å². The SMILES string of the molecule is C=C[C@@](C)(O)CC[C@]1(C)[C@H](C)CC[C@]2(C)C(C)=C[C@H](O)C[C@@H]12. The van der Waals surface area contributed by atoms with E-state index < -0.39 is 5.60 Å². The molecule has 126 valence electrons. The zero-order valence-corrected chi connectivity index (χ0v) is 15.0. The van der Waals surface area contributed by atoms with Crippen LogP contribution in [0.3, 0.4) is 0 Å². The minimum Gasteiger partial charge on any atom is -0.389 e. The van der Waals surface area contributed by atoms with E-state index >= 15 is 0 Å². The average molecular weight is 306 g/mol. The molecule has 2 aliphatic rings. The number of rotatable bonds is 4. The lowest BCUT2D eigenvalue weighted by atomic mass is 9.46. The molecule has 2 nitrogen and oxygen atoms in total. The molecule has 6 atom stereocenters. The summed E-state index contributed by atoms with van der Waals surface area (Å²) in [5.74, 6) is 1.09. The van der Waals surface area contributed by atoms with Crippen LogP contribution in [-0.4, -0.2) is 21.9 Å². The lowest BCUT2D eigenvalue weighted by Crippen LogP contribution is -2.52. The lowest BCUT2D eigenvalue weighted by Gasteiger charge is -2.59. The van der Waals surface area contributed by atoms with Crippen molar-refractivity contribution >= 4 is 0 Å². The van der Waals surface area contributed by atoms with E-state index in [0.717, 1.165) is 19.3 Å². The van der Waals surface area contributed by atoms with Crippen molar-refractivity contribution < 1.29 is 10.2 Å². The number of aliphatic hydroxyl groups is 2. The standard InChI is InChI=1S/C20H34O2/c1-7-18(4,22)10-11-20(6)14(2)8-9-19(5)15(3)12-16(21)13-17(19)20/h7,12,14,16-17,21-22H,1,8-11,13H2,2-6H3/t14-,16+,17-,18-,19-,20-/m1/s1. The molecule has 2 N–H and O–H groups in total. The summed E-state index contributed by atoms with van der Waals surface area (Å²) in [5.41, 5.74) is 0.899. The van der Waals surface area contributed by atoms with E-state index in [1.165, 1.54) is 18.4 Å². The van der Waals surface area contributed by atoms with Gasteiger partial charge >= 0.3 is 0 Å². The van der Waals surface area contributed by atoms with Crippen molar-refractivity contribution in [3.63, 3.8) is 0 Å². The van der Waals surface area contributed by atoms with Gasteiger partial charge in [0.1, 0.15) is 0 Å². The van der Waals surface area contributed by atoms with E-state index in [9.17, 15) is 10.2 Å². The molecule has 0 saturated heterocycles. The van der Waals surface area contributed by atoms with Crippen molar-refractivity contribution in [2.75, 3.05) is 0 Å². The van der Waals surface area contributed by atoms with E-state index in [1.807, 2.05) is 6.92 Å². The predicted molar refractivity (Wildman–Crippen MR) is 92.5 cm³/mol. The molecule has 2 aliphatic carbocycles. The summed E-state index contributed by atoms with van der Waals surface area (Å²) in [6.45, 7) is 14.9. The Balaban J connectivity index is 2.32. The third-order valence-electron chi connectivity index (χ3n) is 7.22. The van der Waals surface area contributed by atoms with Gasteiger partial charge in [-0.15, -0.1) is 6.58 Å². The highest BCUT2D eigenvalue weighted by Gasteiger charge is 2.54. The van der Waals surface area contributed by atoms with Crippen LogP contribution in [0.2, 0.25) is 0 Å². The monoisotopic (exact) mass is 306 g/mol. The first-order valence-electron chi connectivity index (χ1n) is 8.78. The lowest BCUT2D eigenvalue weighted by molar-refractivity contribution is -0.0740. The summed E-state index contributed by atoms with van der Waals surface area (Å²) in [4.78, 5) is 0. The van der Waals surface area contributed by atoms with E-state index in [2.05, 4.69) is 40.3 Å². The minimum absolute atomic E-state index is 0.149. The topological polar surface area (TPSA) is 40.5 Å². The molecule has 0 unspecified atom stereocenters. The molecule has 0 aromatic rings. The second-order valence-electron chi connectivity index (χ2n) is 8.63. The average Bonchev–Trinajstić information content (AvgIpc) is 2.45. The Kier molecular flexibility index (Phi) is 4.68. The van der Waals surface area contributed by atoms with E-state index in [-0.39, 0.29) is 16.9 Å². The predicted octanol–water partition coefficient (Wildman–Crippen LogP) is 4.47. The second kappa shape index (κ2) is 5.79. The third-order valence-corrected chi connectivity index (χ3v) is 7.22. The zero-order valence-electron chi connectivity index (χ0n) is 15.0. The fourth-order valence-electron chi connectivity index (χ4n) is 4.93. The van der Waals surface area contributed by atoms with E-state index in [0.29, 0.717) is 11.8 Å². The molecule has 0 aromatic carbocycles. The highest BCUT2D eigenvalue weighted by Crippen LogP contribution is 2.62. The first-order chi connectivity index (χ1) is 10.0. The summed E-state index contributed by atoms with van der Waals surface area (Å²) < 4.78 is 0. The molecule has 0 aliphatic heterocycles. The number of aliphatic hydroxyl groups excluding tert-OH is 1. The molecule has 0 spiro atoms. The van der Waals surface area contributed by atoms with Gasteiger partial charge in [0.15, 0.2) is 0 Å². The largest absolute Gasteiger partial charge is 0.389 e. The summed E-state index contributed by atoms with van der Waals surface area (Å²) in [5, 5.41) is 20.6. The first kappa shape index (κ1) is 17.7. The summed E-state index contributed by atoms with van der Waals surface area (Å²) in [6, 6.07) is 0. The van der Waals surface area contributed by atoms with Gasteiger partial charge in [-0.25, -0.2) is 0 Å². The number of hydrogen-bond donors (Lipinski definition) is 2. The molecule has 22 heavy (non-hydrogen) atoms. The Morgan fingerprint density at radius 2 is 2.09 bits per heavy atom. The van der Waals surface area contributed by atoms with Crippen LogP contribution in [-0.2, 0) is 0 Å². The molecular weight excluding hydrogens is 272 g/mol. The van der Waals surface area contributed by atoms with Gasteiger partial charge in [0.2, 0.25) is 0 Å². The maximum Gasteiger partial charge on any atom is 0.0797 e. The third kappa shape index (κ3) is 2.92. The van der Waals surface area contributed by atoms with Crippen molar-refractivity contribution in [2.24, 2.45) is 22.7 Å². The molecular formula is C20H34O2. The van der Waals surface area contributed by atoms with Crippen LogP contribution in [0.15, 0.2) is 24.3 Å². The van der Waals surface area contributed by atoms with Crippen LogP contribution < -0.4 is 0 Å². The zero-order chi connectivity index (χ0) is 16.8. The van der Waals surface area contributed by atoms with Gasteiger partial charge in [0.05, 0.1) is 11.7 Å². The molecule has 0 aromatic heterocycles. The van der Waals surface area contributed by atoms with Gasteiger partial charge < -0.3 is 10.2 Å². The van der Waals surface area contributed by atoms with Crippen LogP contribution in [0.4, 0.5) is 0 Å². The Morgan fingerprint density at radius 1 is 1.45 bits per heavy atom. The molecule has 1 fully saturated rings. The van der Waals surface area contributed by atoms with Crippen LogP contribution >= 0.6 is 0 Å². The molecule has 2 heteroatoms. The molecule has 0 amide bonds. The summed E-state index contributed by atoms with van der Waals surface area (Å²) >= 11 is 0. The van der Waals surface area contributed by atoms with Crippen molar-refractivity contribution in [1.82, 2.24) is 0 Å². The maximum atomic E-state index is 10.3. The van der Waals surface area contributed by atoms with Gasteiger partial charge in [-0.2, -0.15) is 0 Å². The normalized spacial score (nSPS) is 44.7. The second-order valence-corrected chi connectivity index (χ2v) is 8.63. The van der Waals surface area contributed by atoms with Crippen molar-refractivity contribution in [3.8, 4) is 0 Å². The first-order valence-corrected chi connectivity index (χ1v) is 8.78. The Bertz CT molecular complexity index is 464. The molecule has 2 rings (SSSR count). The van der Waals surface area contributed by atoms with Gasteiger partial charge in [-0.3, -0.25) is 0 Å². The van der Waals surface area contributed by atoms with Gasteiger partial charge in [-0.05, 0) is 68.6 Å². The Hall–Kier alpha value is -0.600. The van der Waals surface area contributed by atoms with Crippen LogP contribution in [0, 0.1) is 22.7 Å². The minimum atomic E-state index is -0.797. The summed E-state index contributed by atoms with van der Waals surface area (Å²) in [6.07, 6.45) is 8.41. The Morgan fingerprint density at radius 3 is 2.68 bits per heavy atom. The molecule has 0 radical (unpaired) electrons. The quantitative estimate of drug-likeness (QED) is 0.752. The van der Waals surface area contributed by atoms with E-state index in [1.54, 1.807) is 6.08 Å². The summed E-state index contributed by atoms with van der Waals surface area (Å²) in [7, 11) is 0. The molecule has 0 heterocycles. The molecule has 1 saturated carbocycles. The highest BCUT2D eigenvalue weighted by molar-refractivity contribution is 5.23. The van der Waals surface area contributed by atoms with Crippen LogP contribution in [0.5, 0.6) is 0 Å². The van der Waals surface area contributed by atoms with Gasteiger partial charge in [0, 0.05) is 0 Å². The van der Waals surface area contributed by atoms with Gasteiger partial charge in [0.25, 0.3) is 0 Å². The highest BCUT2D eigenvalue weighted by atomic mass is 16.3. The van der Waals surface area contributed by atoms with Crippen molar-refractivity contribution in [3.05, 3.63) is 24.3 Å². The fourth-order valence-corrected chi connectivity index (χ4v) is 4.93. The Labute approximate surface area is 136 Å². The molecule has 0 bridgehead atoms. The smallest absolute Gasteiger partial charge is 0.0797 e. The number of fused-ring (bicyclic) bond motifs is 1.